The molecule has 3 fully saturated rings. The van der Waals surface area contributed by atoms with Crippen molar-refractivity contribution in [3.63, 3.8) is 0 Å². The van der Waals surface area contributed by atoms with Gasteiger partial charge in [-0.15, -0.1) is 0 Å². The average Bonchev–Trinajstić information content (AvgIpc) is 2.81. The van der Waals surface area contributed by atoms with E-state index in [1.807, 2.05) is 27.7 Å². The predicted molar refractivity (Wildman–Crippen MR) is 159 cm³/mol. The van der Waals surface area contributed by atoms with Crippen molar-refractivity contribution in [1.82, 2.24) is 10.6 Å². The molecule has 10 nitrogen and oxygen atoms in total. The first-order valence-corrected chi connectivity index (χ1v) is 15.2. The number of amides is 2. The van der Waals surface area contributed by atoms with E-state index in [2.05, 4.69) is 62.2 Å². The molecule has 3 aliphatic rings. The summed E-state index contributed by atoms with van der Waals surface area (Å²) < 4.78 is 11.9. The summed E-state index contributed by atoms with van der Waals surface area (Å²) in [7, 11) is 0. The van der Waals surface area contributed by atoms with Crippen molar-refractivity contribution in [3.05, 3.63) is 0 Å². The molecule has 0 aromatic carbocycles. The van der Waals surface area contributed by atoms with Crippen LogP contribution >= 0.6 is 0 Å². The number of ether oxygens (including phenoxy) is 2. The van der Waals surface area contributed by atoms with E-state index >= 15 is 0 Å². The highest BCUT2D eigenvalue weighted by atomic mass is 16.6. The molecule has 3 rings (SSSR count). The smallest absolute Gasteiger partial charge is 0.407 e. The van der Waals surface area contributed by atoms with Crippen LogP contribution in [0.25, 0.3) is 0 Å². The third kappa shape index (κ3) is 7.82. The number of nitrogens with zero attached hydrogens (tertiary/aromatic N) is 2. The summed E-state index contributed by atoms with van der Waals surface area (Å²) in [6.45, 7) is 21.4. The SMILES string of the molecule is CC1(C)CC(N=C=O)CC(C)(CNC(=O)OC2C(C)(C)C(OC(=O)NCC3(C)CC(N=C=O)CC(C)(C)C3)C2(C)C)C1. The second-order valence-electron chi connectivity index (χ2n) is 16.8. The van der Waals surface area contributed by atoms with Crippen LogP contribution in [0.2, 0.25) is 0 Å². The number of rotatable bonds is 8. The molecule has 0 heterocycles. The van der Waals surface area contributed by atoms with Crippen molar-refractivity contribution in [2.75, 3.05) is 13.1 Å². The molecule has 2 N–H and O–H groups in total. The lowest BCUT2D eigenvalue weighted by atomic mass is 9.51. The molecule has 4 unspecified atom stereocenters. The Hall–Kier alpha value is -2.70. The highest BCUT2D eigenvalue weighted by Crippen LogP contribution is 2.57. The Kier molecular flexibility index (Phi) is 9.47. The largest absolute Gasteiger partial charge is 0.445 e. The first-order chi connectivity index (χ1) is 19.2. The molecule has 0 bridgehead atoms. The van der Waals surface area contributed by atoms with Crippen LogP contribution in [0.3, 0.4) is 0 Å². The van der Waals surface area contributed by atoms with Crippen LogP contribution in [0.4, 0.5) is 9.59 Å². The summed E-state index contributed by atoms with van der Waals surface area (Å²) in [5.74, 6) is 0. The van der Waals surface area contributed by atoms with E-state index in [1.54, 1.807) is 12.2 Å². The van der Waals surface area contributed by atoms with Gasteiger partial charge in [-0.2, -0.15) is 0 Å². The van der Waals surface area contributed by atoms with Gasteiger partial charge in [0.15, 0.2) is 0 Å². The Morgan fingerprint density at radius 2 is 0.976 bits per heavy atom. The van der Waals surface area contributed by atoms with E-state index in [0.29, 0.717) is 25.9 Å². The maximum Gasteiger partial charge on any atom is 0.407 e. The van der Waals surface area contributed by atoms with E-state index in [1.165, 1.54) is 0 Å². The molecule has 10 heteroatoms. The molecule has 4 atom stereocenters. The van der Waals surface area contributed by atoms with Crippen molar-refractivity contribution in [1.29, 1.82) is 0 Å². The number of hydrogen-bond acceptors (Lipinski definition) is 8. The highest BCUT2D eigenvalue weighted by molar-refractivity contribution is 5.69. The van der Waals surface area contributed by atoms with Crippen LogP contribution in [-0.4, -0.2) is 61.7 Å². The molecule has 3 aliphatic carbocycles. The fourth-order valence-electron chi connectivity index (χ4n) is 9.33. The molecule has 0 spiro atoms. The van der Waals surface area contributed by atoms with Crippen molar-refractivity contribution < 1.29 is 28.7 Å². The minimum absolute atomic E-state index is 0.0115. The van der Waals surface area contributed by atoms with E-state index in [-0.39, 0.29) is 33.7 Å². The van der Waals surface area contributed by atoms with Gasteiger partial charge in [-0.1, -0.05) is 69.2 Å². The quantitative estimate of drug-likeness (QED) is 0.260. The Labute approximate surface area is 251 Å². The predicted octanol–water partition coefficient (Wildman–Crippen LogP) is 6.08. The molecule has 236 valence electrons. The monoisotopic (exact) mass is 588 g/mol. The van der Waals surface area contributed by atoms with Gasteiger partial charge in [0.1, 0.15) is 12.2 Å². The van der Waals surface area contributed by atoms with Crippen LogP contribution in [0, 0.1) is 32.5 Å². The van der Waals surface area contributed by atoms with Gasteiger partial charge in [-0.05, 0) is 60.2 Å². The molecule has 3 saturated carbocycles. The molecular formula is C32H52N4O6. The first kappa shape index (κ1) is 33.8. The van der Waals surface area contributed by atoms with Crippen molar-refractivity contribution in [2.24, 2.45) is 42.5 Å². The molecule has 0 saturated heterocycles. The fraction of sp³-hybridized carbons (Fsp3) is 0.875. The molecule has 0 aromatic heterocycles. The lowest BCUT2D eigenvalue weighted by Crippen LogP contribution is -2.70. The third-order valence-electron chi connectivity index (χ3n) is 9.79. The zero-order valence-corrected chi connectivity index (χ0v) is 27.3. The Balaban J connectivity index is 1.55. The Morgan fingerprint density at radius 3 is 1.29 bits per heavy atom. The second-order valence-corrected chi connectivity index (χ2v) is 16.8. The summed E-state index contributed by atoms with van der Waals surface area (Å²) in [4.78, 5) is 55.7. The maximum absolute atomic E-state index is 13.0. The van der Waals surface area contributed by atoms with Crippen LogP contribution in [0.15, 0.2) is 9.98 Å². The summed E-state index contributed by atoms with van der Waals surface area (Å²) in [6.07, 6.45) is 6.23. The number of carbonyl (C=O) groups excluding carboxylic acids is 4. The van der Waals surface area contributed by atoms with E-state index in [4.69, 9.17) is 9.47 Å². The average molecular weight is 589 g/mol. The number of isocyanates is 2. The van der Waals surface area contributed by atoms with Gasteiger partial charge in [0.25, 0.3) is 0 Å². The van der Waals surface area contributed by atoms with Crippen LogP contribution in [0.5, 0.6) is 0 Å². The van der Waals surface area contributed by atoms with Crippen molar-refractivity contribution in [2.45, 2.75) is 132 Å². The normalized spacial score (nSPS) is 35.7. The molecule has 0 aromatic rings. The van der Waals surface area contributed by atoms with E-state index in [0.717, 1.165) is 25.7 Å². The van der Waals surface area contributed by atoms with Gasteiger partial charge in [0.05, 0.1) is 12.1 Å². The summed E-state index contributed by atoms with van der Waals surface area (Å²) >= 11 is 0. The van der Waals surface area contributed by atoms with Gasteiger partial charge in [-0.3, -0.25) is 0 Å². The lowest BCUT2D eigenvalue weighted by molar-refractivity contribution is -0.245. The highest BCUT2D eigenvalue weighted by Gasteiger charge is 2.66. The standard InChI is InChI=1S/C32H52N4O6/c1-27(2)11-21(35-19-37)13-31(9,15-27)17-33-25(39)41-23-29(5,6)24(30(23,7)8)42-26(40)34-18-32(10)14-22(36-20-38)12-28(3,4)16-32/h21-24H,11-18H2,1-10H3,(H,33,39)(H,34,40). The molecular weight excluding hydrogens is 536 g/mol. The minimum Gasteiger partial charge on any atom is -0.445 e. The van der Waals surface area contributed by atoms with E-state index < -0.39 is 35.2 Å². The van der Waals surface area contributed by atoms with Gasteiger partial charge in [0.2, 0.25) is 12.2 Å². The molecule has 42 heavy (non-hydrogen) atoms. The minimum atomic E-state index is -0.598. The maximum atomic E-state index is 13.0. The number of nitrogens with one attached hydrogen (secondary N) is 2. The second kappa shape index (κ2) is 11.8. The zero-order valence-electron chi connectivity index (χ0n) is 27.3. The topological polar surface area (TPSA) is 136 Å². The van der Waals surface area contributed by atoms with Crippen molar-refractivity contribution in [3.8, 4) is 0 Å². The molecule has 0 aliphatic heterocycles. The van der Waals surface area contributed by atoms with Gasteiger partial charge < -0.3 is 20.1 Å². The first-order valence-electron chi connectivity index (χ1n) is 15.2. The zero-order chi connectivity index (χ0) is 31.8. The van der Waals surface area contributed by atoms with Gasteiger partial charge in [0, 0.05) is 23.9 Å². The number of hydrogen-bond donors (Lipinski definition) is 2. The number of aliphatic imine (C=N–C) groups is 2. The van der Waals surface area contributed by atoms with Crippen LogP contribution in [0.1, 0.15) is 108 Å². The lowest BCUT2D eigenvalue weighted by Gasteiger charge is -2.61. The number of carbonyl (C=O) groups is 2. The van der Waals surface area contributed by atoms with E-state index in [9.17, 15) is 19.2 Å². The molecule has 0 radical (unpaired) electrons. The van der Waals surface area contributed by atoms with Gasteiger partial charge >= 0.3 is 12.2 Å². The van der Waals surface area contributed by atoms with Crippen molar-refractivity contribution >= 4 is 24.3 Å². The Bertz CT molecular complexity index is 1040. The fourth-order valence-corrected chi connectivity index (χ4v) is 9.33. The molecule has 2 amide bonds. The summed E-state index contributed by atoms with van der Waals surface area (Å²) in [5.41, 5.74) is -1.68. The van der Waals surface area contributed by atoms with Gasteiger partial charge in [-0.25, -0.2) is 29.2 Å². The van der Waals surface area contributed by atoms with Crippen LogP contribution < -0.4 is 10.6 Å². The third-order valence-corrected chi connectivity index (χ3v) is 9.79. The van der Waals surface area contributed by atoms with Crippen LogP contribution in [-0.2, 0) is 19.1 Å². The summed E-state index contributed by atoms with van der Waals surface area (Å²) in [6, 6.07) is -0.220. The Morgan fingerprint density at radius 1 is 0.643 bits per heavy atom. The summed E-state index contributed by atoms with van der Waals surface area (Å²) in [5, 5.41) is 5.90. The number of alkyl carbamates (subject to hydrolysis) is 2.